The summed E-state index contributed by atoms with van der Waals surface area (Å²) in [6, 6.07) is 100. The lowest BCUT2D eigenvalue weighted by molar-refractivity contribution is 1.15. The van der Waals surface area contributed by atoms with Gasteiger partial charge in [-0.3, -0.25) is 0 Å². The van der Waals surface area contributed by atoms with Crippen LogP contribution in [-0.2, 0) is 0 Å². The zero-order valence-corrected chi connectivity index (χ0v) is 57.0. The van der Waals surface area contributed by atoms with Crippen LogP contribution in [0.2, 0.25) is 0 Å². The van der Waals surface area contributed by atoms with E-state index in [0.29, 0.717) is 5.56 Å². The largest absolute Gasteiger partial charge is 0.309 e. The molecular weight excluding hydrogens is 1220 g/mol. The van der Waals surface area contributed by atoms with Crippen molar-refractivity contribution in [3.63, 3.8) is 0 Å². The summed E-state index contributed by atoms with van der Waals surface area (Å²) in [5.41, 5.74) is 30.7. The molecule has 0 spiro atoms. The van der Waals surface area contributed by atoms with Crippen LogP contribution >= 0.6 is 0 Å². The molecule has 18 aromatic rings. The molecule has 0 saturated carbocycles. The quantitative estimate of drug-likeness (QED) is 0.144. The van der Waals surface area contributed by atoms with Gasteiger partial charge in [-0.2, -0.15) is 10.5 Å². The second-order valence-corrected chi connectivity index (χ2v) is 27.5. The highest BCUT2D eigenvalue weighted by Crippen LogP contribution is 2.55. The Bertz CT molecular complexity index is 6060. The number of rotatable bonds is 9. The number of hydrogen-bond acceptors (Lipinski definition) is 3. The second-order valence-electron chi connectivity index (χ2n) is 27.5. The molecule has 5 aromatic heterocycles. The van der Waals surface area contributed by atoms with Gasteiger partial charge in [0.2, 0.25) is 0 Å². The molecule has 0 N–H and O–H groups in total. The van der Waals surface area contributed by atoms with E-state index >= 15 is 0 Å². The van der Waals surface area contributed by atoms with Gasteiger partial charge in [-0.15, -0.1) is 0 Å². The Morgan fingerprint density at radius 1 is 0.240 bits per heavy atom. The molecule has 0 bridgehead atoms. The number of fused-ring (bicyclic) bond motifs is 12. The molecule has 0 atom stereocenters. The highest BCUT2D eigenvalue weighted by atomic mass is 15.0. The molecule has 0 aliphatic heterocycles. The van der Waals surface area contributed by atoms with Crippen molar-refractivity contribution in [2.24, 2.45) is 0 Å². The van der Waals surface area contributed by atoms with Crippen molar-refractivity contribution >= 4 is 87.2 Å². The molecule has 0 amide bonds. The smallest absolute Gasteiger partial charge is 0.101 e. The molecule has 18 rings (SSSR count). The standard InChI is InChI=1S/C93H67N7/c1-54-25-35-81-69(43-54)70-44-55(2)26-36-82(70)97(81)77-21-13-9-17-65(77)90-89(62-33-34-63(52-94)64(51-62)53-95)91(66-18-10-14-22-78(66)98-83-37-27-56(3)45-71(83)72-46-57(4)28-38-84(72)98)93(68-20-12-16-24-80(68)100-87-41-31-60(7)49-75(87)76-50-61(8)32-42-88(76)100)96-92(90)67-19-11-15-23-79(67)99-85-39-29-58(5)47-73(85)74-48-59(6)30-40-86(74)99/h9-51H,1-8H3. The number of nitrogens with zero attached hydrogens (tertiary/aromatic N) is 7. The van der Waals surface area contributed by atoms with Gasteiger partial charge in [-0.25, -0.2) is 4.98 Å². The van der Waals surface area contributed by atoms with Gasteiger partial charge in [0, 0.05) is 82.0 Å². The lowest BCUT2D eigenvalue weighted by atomic mass is 9.81. The summed E-state index contributed by atoms with van der Waals surface area (Å²) in [4.78, 5) is 6.62. The van der Waals surface area contributed by atoms with Gasteiger partial charge in [0.25, 0.3) is 0 Å². The van der Waals surface area contributed by atoms with Crippen molar-refractivity contribution in [2.45, 2.75) is 55.4 Å². The van der Waals surface area contributed by atoms with Crippen LogP contribution in [0.25, 0.3) is 166 Å². The maximum absolute atomic E-state index is 11.5. The fraction of sp³-hybridized carbons (Fsp3) is 0.0860. The Hall–Kier alpha value is -12.8. The number of hydrogen-bond donors (Lipinski definition) is 0. The van der Waals surface area contributed by atoms with Crippen LogP contribution in [-0.4, -0.2) is 23.3 Å². The molecule has 0 saturated heterocycles. The molecule has 7 nitrogen and oxygen atoms in total. The van der Waals surface area contributed by atoms with Crippen LogP contribution in [0.5, 0.6) is 0 Å². The molecule has 474 valence electrons. The number of pyridine rings is 1. The van der Waals surface area contributed by atoms with E-state index in [1.807, 2.05) is 12.1 Å². The summed E-state index contributed by atoms with van der Waals surface area (Å²) in [5.74, 6) is 0. The molecule has 7 heteroatoms. The number of benzene rings is 13. The Labute approximate surface area is 580 Å². The van der Waals surface area contributed by atoms with E-state index in [0.717, 1.165) is 144 Å². The third-order valence-corrected chi connectivity index (χ3v) is 20.7. The van der Waals surface area contributed by atoms with E-state index in [2.05, 4.69) is 335 Å². The Kier molecular flexibility index (Phi) is 13.7. The summed E-state index contributed by atoms with van der Waals surface area (Å²) in [6.07, 6.45) is 0. The van der Waals surface area contributed by atoms with Gasteiger partial charge in [-0.1, -0.05) is 172 Å². The highest BCUT2D eigenvalue weighted by molar-refractivity contribution is 6.17. The minimum Gasteiger partial charge on any atom is -0.309 e. The van der Waals surface area contributed by atoms with E-state index in [1.165, 1.54) is 66.1 Å². The summed E-state index contributed by atoms with van der Waals surface area (Å²) in [6.45, 7) is 17.4. The van der Waals surface area contributed by atoms with Crippen LogP contribution < -0.4 is 0 Å². The topological polar surface area (TPSA) is 80.2 Å². The van der Waals surface area contributed by atoms with Crippen LogP contribution in [0.1, 0.15) is 55.6 Å². The number of nitriles is 2. The summed E-state index contributed by atoms with van der Waals surface area (Å²) in [7, 11) is 0. The number of aromatic nitrogens is 5. The zero-order chi connectivity index (χ0) is 67.9. The van der Waals surface area contributed by atoms with Crippen molar-refractivity contribution in [3.05, 3.63) is 316 Å². The van der Waals surface area contributed by atoms with Gasteiger partial charge in [0.05, 0.1) is 89.4 Å². The van der Waals surface area contributed by atoms with Gasteiger partial charge in [0.1, 0.15) is 12.1 Å². The second kappa shape index (κ2) is 22.9. The molecule has 0 unspecified atom stereocenters. The monoisotopic (exact) mass is 1280 g/mol. The summed E-state index contributed by atoms with van der Waals surface area (Å²) in [5, 5.41) is 31.7. The fourth-order valence-electron chi connectivity index (χ4n) is 16.2. The van der Waals surface area contributed by atoms with E-state index in [-0.39, 0.29) is 5.56 Å². The first-order valence-corrected chi connectivity index (χ1v) is 34.3. The maximum atomic E-state index is 11.5. The third-order valence-electron chi connectivity index (χ3n) is 20.7. The van der Waals surface area contributed by atoms with Crippen LogP contribution in [0.4, 0.5) is 0 Å². The van der Waals surface area contributed by atoms with Gasteiger partial charge in [-0.05, 0) is 194 Å². The fourth-order valence-corrected chi connectivity index (χ4v) is 16.2. The molecule has 0 fully saturated rings. The van der Waals surface area contributed by atoms with Crippen LogP contribution in [0.15, 0.2) is 261 Å². The first-order chi connectivity index (χ1) is 48.8. The summed E-state index contributed by atoms with van der Waals surface area (Å²) < 4.78 is 9.77. The lowest BCUT2D eigenvalue weighted by Crippen LogP contribution is -2.08. The van der Waals surface area contributed by atoms with Crippen LogP contribution in [0.3, 0.4) is 0 Å². The van der Waals surface area contributed by atoms with Gasteiger partial charge < -0.3 is 18.3 Å². The van der Waals surface area contributed by atoms with Crippen molar-refractivity contribution in [1.82, 2.24) is 23.3 Å². The van der Waals surface area contributed by atoms with Crippen molar-refractivity contribution in [1.29, 1.82) is 10.5 Å². The third kappa shape index (κ3) is 9.20. The Balaban J connectivity index is 1.10. The van der Waals surface area contributed by atoms with E-state index in [9.17, 15) is 10.5 Å². The van der Waals surface area contributed by atoms with E-state index in [1.54, 1.807) is 0 Å². The lowest BCUT2D eigenvalue weighted by Gasteiger charge is -2.28. The molecule has 0 radical (unpaired) electrons. The van der Waals surface area contributed by atoms with Crippen molar-refractivity contribution in [2.75, 3.05) is 0 Å². The SMILES string of the molecule is Cc1ccc2c(c1)c1cc(C)ccc1n2-c1ccccc1-c1nc(-c2ccccc2-n2c3ccc(C)cc3c3cc(C)ccc32)c(-c2ccccc2-n2c3ccc(C)cc3c3cc(C)ccc32)c(-c2ccc(C#N)c(C#N)c2)c1-c1ccccc1-n1c2ccc(C)cc2c2cc(C)ccc21. The average Bonchev–Trinajstić information content (AvgIpc) is 1.11. The molecular formula is C93H67N7. The van der Waals surface area contributed by atoms with Gasteiger partial charge in [0.15, 0.2) is 0 Å². The molecule has 13 aromatic carbocycles. The minimum absolute atomic E-state index is 0.271. The predicted molar refractivity (Wildman–Crippen MR) is 416 cm³/mol. The highest BCUT2D eigenvalue weighted by Gasteiger charge is 2.33. The predicted octanol–water partition coefficient (Wildman–Crippen LogP) is 24.0. The Morgan fingerprint density at radius 3 is 0.740 bits per heavy atom. The van der Waals surface area contributed by atoms with Crippen molar-refractivity contribution in [3.8, 4) is 90.8 Å². The van der Waals surface area contributed by atoms with Gasteiger partial charge >= 0.3 is 0 Å². The minimum atomic E-state index is 0.271. The van der Waals surface area contributed by atoms with Crippen molar-refractivity contribution < 1.29 is 0 Å². The maximum Gasteiger partial charge on any atom is 0.101 e. The molecule has 100 heavy (non-hydrogen) atoms. The van der Waals surface area contributed by atoms with E-state index in [4.69, 9.17) is 4.98 Å². The Morgan fingerprint density at radius 2 is 0.480 bits per heavy atom. The first kappa shape index (κ1) is 59.7. The molecule has 0 aliphatic rings. The zero-order valence-electron chi connectivity index (χ0n) is 57.0. The molecule has 5 heterocycles. The summed E-state index contributed by atoms with van der Waals surface area (Å²) >= 11 is 0. The number of aryl methyl sites for hydroxylation is 8. The first-order valence-electron chi connectivity index (χ1n) is 34.3. The average molecular weight is 1280 g/mol. The number of para-hydroxylation sites is 4. The molecule has 0 aliphatic carbocycles. The van der Waals surface area contributed by atoms with E-state index < -0.39 is 0 Å². The van der Waals surface area contributed by atoms with Crippen LogP contribution in [0, 0.1) is 78.1 Å². The normalized spacial score (nSPS) is 11.8.